The number of H-pyrrole nitrogens is 1. The normalized spacial score (nSPS) is 16.0. The summed E-state index contributed by atoms with van der Waals surface area (Å²) in [7, 11) is 0. The van der Waals surface area contributed by atoms with Crippen LogP contribution in [0.3, 0.4) is 0 Å². The Morgan fingerprint density at radius 3 is 0.900 bits per heavy atom. The number of anilines is 13. The van der Waals surface area contributed by atoms with E-state index in [-0.39, 0.29) is 105 Å². The quantitative estimate of drug-likeness (QED) is 0.0194. The van der Waals surface area contributed by atoms with E-state index in [1.165, 1.54) is 44.4 Å². The van der Waals surface area contributed by atoms with Crippen molar-refractivity contribution < 1.29 is 137 Å². The maximum atomic E-state index is 13.3. The van der Waals surface area contributed by atoms with Crippen molar-refractivity contribution in [1.29, 1.82) is 0 Å². The lowest BCUT2D eigenvalue weighted by Crippen LogP contribution is -2.30. The van der Waals surface area contributed by atoms with Crippen LogP contribution in [0.25, 0.3) is 57.6 Å². The molecule has 0 bridgehead atoms. The van der Waals surface area contributed by atoms with Gasteiger partial charge in [-0.05, 0) is 224 Å². The summed E-state index contributed by atoms with van der Waals surface area (Å²) in [4.78, 5) is 99.7. The van der Waals surface area contributed by atoms with Crippen LogP contribution in [-0.4, -0.2) is 211 Å². The first kappa shape index (κ1) is 75.1. The first-order chi connectivity index (χ1) is 83.7. The van der Waals surface area contributed by atoms with Gasteiger partial charge >= 0.3 is 30.9 Å². The van der Waals surface area contributed by atoms with Gasteiger partial charge in [-0.25, -0.2) is 29.9 Å². The molecule has 0 aromatic carbocycles. The van der Waals surface area contributed by atoms with E-state index in [1.54, 1.807) is 65.1 Å². The van der Waals surface area contributed by atoms with Crippen LogP contribution in [0.4, 0.5) is 148 Å². The third-order valence-electron chi connectivity index (χ3n) is 17.3. The summed E-state index contributed by atoms with van der Waals surface area (Å²) < 4.78 is 449. The third-order valence-corrected chi connectivity index (χ3v) is 17.3. The van der Waals surface area contributed by atoms with Gasteiger partial charge in [0.2, 0.25) is 53.5 Å². The van der Waals surface area contributed by atoms with Gasteiger partial charge in [0.25, 0.3) is 5.95 Å². The zero-order valence-electron chi connectivity index (χ0n) is 111. The van der Waals surface area contributed by atoms with Crippen LogP contribution < -0.4 is 53.2 Å². The average Bonchev–Trinajstić information content (AvgIpc) is 0.773. The number of nitrogens with zero attached hydrogens (tertiary/aromatic N) is 25. The Hall–Kier alpha value is -16.7. The molecule has 0 saturated heterocycles. The second-order valence-corrected chi connectivity index (χ2v) is 31.4. The predicted octanol–water partition coefficient (Wildman–Crippen LogP) is 17.3. The Kier molecular flexibility index (Phi) is 24.0. The van der Waals surface area contributed by atoms with E-state index in [0.29, 0.717) is 34.9 Å². The highest BCUT2D eigenvalue weighted by Gasteiger charge is 2.38. The second-order valence-electron chi connectivity index (χ2n) is 31.4. The number of aromatic nitrogens is 25. The van der Waals surface area contributed by atoms with Gasteiger partial charge in [0, 0.05) is 148 Å². The first-order valence-corrected chi connectivity index (χ1v) is 42.1. The first-order valence-electron chi connectivity index (χ1n) is 58.6. The minimum absolute atomic E-state index is 0.000912. The average molecular weight is 2130 g/mol. The molecule has 15 N–H and O–H groups in total. The highest BCUT2D eigenvalue weighted by Crippen LogP contribution is 2.37. The third kappa shape index (κ3) is 37.7. The molecule has 0 aliphatic heterocycles. The SMILES string of the molecule is [2H]C([2H])([2H])C(O)(CNc1nc(Nc2ccnc(C)c2)nc(-c2cccc(C(F)(F)F)n2)n1)C([2H])([2H])[2H].[2H]c1c(C)[nH]ccc1=Nc1nc(NCC(O)(C([2H])([2H])[2H])C([2H])([2H])[2H])nc(-c2cccc(C(F)(F)F)n2)n1.[2H]c1ccc(C(F)(F)F)nc1-c1nc(NCC(C)(C)O)nc(Nc2ccnc(C)c2)n1.[2H]c1ccc(C(F)(F)F)nc1-c1nc(NCC(O)(C([2H])([2H])[2H])C([2H])([2H])[2H])nc(Nc2c([2H])c([2H])nc(C)c2[2H])n1.[2H]c1nc(C)c([2H])c(Nc2nc(NCC(O)(C([2H])([2H])[2H])C([2H])([2H])[2H])nc(-c3cccc(C(F)(F)F)n3)n2)c1[2H]. The molecule has 0 spiro atoms. The maximum Gasteiger partial charge on any atom is 0.433 e. The number of alkyl halides is 15. The lowest BCUT2D eigenvalue weighted by molar-refractivity contribution is -0.141. The van der Waals surface area contributed by atoms with Gasteiger partial charge in [0.05, 0.1) is 45.7 Å². The maximum absolute atomic E-state index is 13.3. The molecule has 0 saturated carbocycles. The van der Waals surface area contributed by atoms with Crippen LogP contribution in [0.5, 0.6) is 0 Å². The number of halogens is 15. The number of rotatable bonds is 29. The fourth-order valence-electron chi connectivity index (χ4n) is 11.0. The van der Waals surface area contributed by atoms with Crippen molar-refractivity contribution >= 4 is 82.2 Å². The Balaban J connectivity index is 0.000000212. The van der Waals surface area contributed by atoms with Crippen molar-refractivity contribution in [3.63, 3.8) is 0 Å². The highest BCUT2D eigenvalue weighted by molar-refractivity contribution is 5.65. The Morgan fingerprint density at radius 1 is 0.300 bits per heavy atom. The molecular formula is C95H100F15N35O5. The second kappa shape index (κ2) is 47.9. The van der Waals surface area contributed by atoms with Crippen LogP contribution >= 0.6 is 0 Å². The lowest BCUT2D eigenvalue weighted by atomic mass is 10.1. The summed E-state index contributed by atoms with van der Waals surface area (Å²) in [5.74, 6) is -5.92. The largest absolute Gasteiger partial charge is 0.433 e. The molecule has 0 aliphatic rings. The van der Waals surface area contributed by atoms with Gasteiger partial charge in [0.15, 0.2) is 29.1 Å². The van der Waals surface area contributed by atoms with Crippen molar-refractivity contribution in [3.8, 4) is 57.6 Å². The van der Waals surface area contributed by atoms with E-state index in [0.717, 1.165) is 60.3 Å². The smallest absolute Gasteiger partial charge is 0.389 e. The minimum atomic E-state index is -4.91. The summed E-state index contributed by atoms with van der Waals surface area (Å²) in [6, 6.07) is 17.3. The van der Waals surface area contributed by atoms with Crippen LogP contribution in [-0.2, 0) is 30.9 Å². The minimum Gasteiger partial charge on any atom is -0.389 e. The van der Waals surface area contributed by atoms with Gasteiger partial charge in [-0.1, -0.05) is 30.3 Å². The van der Waals surface area contributed by atoms with E-state index >= 15 is 0 Å². The van der Waals surface area contributed by atoms with Crippen molar-refractivity contribution in [2.45, 2.75) is 162 Å². The topological polar surface area (TPSA) is 547 Å². The Labute approximate surface area is 891 Å². The van der Waals surface area contributed by atoms with Crippen LogP contribution in [0.1, 0.15) is 171 Å². The van der Waals surface area contributed by atoms with E-state index in [2.05, 4.69) is 177 Å². The van der Waals surface area contributed by atoms with Gasteiger partial charge in [-0.3, -0.25) is 19.9 Å². The van der Waals surface area contributed by atoms with Crippen LogP contribution in [0.2, 0.25) is 0 Å². The molecule has 40 nitrogen and oxygen atoms in total. The lowest BCUT2D eigenvalue weighted by Gasteiger charge is -2.18. The monoisotopic (exact) mass is 2130 g/mol. The molecule has 15 aromatic heterocycles. The summed E-state index contributed by atoms with van der Waals surface area (Å²) in [6.07, 6.45) is -20.4. The van der Waals surface area contributed by atoms with Crippen molar-refractivity contribution in [3.05, 3.63) is 245 Å². The molecule has 0 unspecified atom stereocenters. The van der Waals surface area contributed by atoms with Crippen molar-refractivity contribution in [2.24, 2.45) is 4.99 Å². The van der Waals surface area contributed by atoms with Crippen LogP contribution in [0, 0.1) is 34.6 Å². The molecule has 0 aliphatic carbocycles. The molecule has 790 valence electrons. The zero-order valence-corrected chi connectivity index (χ0v) is 77.7. The van der Waals surface area contributed by atoms with Gasteiger partial charge < -0.3 is 78.4 Å². The number of pyridine rings is 10. The number of hydrogen-bond donors (Lipinski definition) is 15. The fraction of sp³-hybridized carbons (Fsp3) is 0.316. The summed E-state index contributed by atoms with van der Waals surface area (Å²) >= 11 is 0. The molecule has 55 heteroatoms. The van der Waals surface area contributed by atoms with Crippen molar-refractivity contribution in [1.82, 2.24) is 125 Å². The number of aromatic amines is 1. The molecule has 15 heterocycles. The number of hydrogen-bond acceptors (Lipinski definition) is 39. The fourth-order valence-corrected chi connectivity index (χ4v) is 11.0. The Bertz CT molecular complexity index is 8700. The molecule has 0 amide bonds. The molecular weight excluding hydrogens is 2000 g/mol. The van der Waals surface area contributed by atoms with Gasteiger partial charge in [-0.2, -0.15) is 141 Å². The van der Waals surface area contributed by atoms with Crippen LogP contribution in [0.15, 0.2) is 187 Å². The molecule has 0 radical (unpaired) electrons. The van der Waals surface area contributed by atoms with E-state index in [1.807, 2.05) is 0 Å². The molecule has 15 rings (SSSR count). The van der Waals surface area contributed by atoms with E-state index < -0.39 is 269 Å². The number of aliphatic hydroxyl groups is 5. The number of nitrogens with one attached hydrogen (secondary N) is 10. The standard InChI is InChI=1S/5C19H20F3N7O/c5*1-11-9-12(7-8-23-11)25-17-28-15(27-16(29-17)24-10-18(2,3)30)13-5-4-6-14(26-13)19(20,21)22/h5*4-9,30H,10H2,1-3H3,(H2,23,24,25,27,28,29)/i2D3,3D3,5D,7D,8D,9D;2D3,3D3,7D,8D,9D;2D3,3D3,9D;2D3,3D3;5D. The zero-order chi connectivity index (χ0) is 138. The van der Waals surface area contributed by atoms with E-state index in [9.17, 15) is 91.4 Å². The molecule has 150 heavy (non-hydrogen) atoms. The summed E-state index contributed by atoms with van der Waals surface area (Å²) in [5, 5.41) is 74.7. The molecule has 0 fully saturated rings. The number of aryl methyl sites for hydroxylation is 5. The summed E-state index contributed by atoms with van der Waals surface area (Å²) in [6.45, 7) is -20.4. The van der Waals surface area contributed by atoms with Gasteiger partial charge in [0.1, 0.15) is 56.9 Å². The Morgan fingerprint density at radius 2 is 0.587 bits per heavy atom. The van der Waals surface area contributed by atoms with Gasteiger partial charge in [-0.15, -0.1) is 0 Å². The van der Waals surface area contributed by atoms with Crippen molar-refractivity contribution in [2.75, 3.05) is 80.6 Å². The summed E-state index contributed by atoms with van der Waals surface area (Å²) in [5.41, 5.74) is -20.1. The molecule has 15 aromatic rings. The highest BCUT2D eigenvalue weighted by atomic mass is 19.4. The predicted molar refractivity (Wildman–Crippen MR) is 524 cm³/mol. The molecule has 0 atom stereocenters. The van der Waals surface area contributed by atoms with E-state index in [4.69, 9.17) is 45.2 Å².